The van der Waals surface area contributed by atoms with E-state index in [0.717, 1.165) is 16.1 Å². The van der Waals surface area contributed by atoms with Crippen LogP contribution in [0.15, 0.2) is 42.5 Å². The van der Waals surface area contributed by atoms with Gasteiger partial charge in [-0.15, -0.1) is 0 Å². The second-order valence-electron chi connectivity index (χ2n) is 7.28. The monoisotopic (exact) mass is 515 g/mol. The van der Waals surface area contributed by atoms with Gasteiger partial charge in [-0.1, -0.05) is 42.3 Å². The molecule has 0 fully saturated rings. The summed E-state index contributed by atoms with van der Waals surface area (Å²) in [6.45, 7) is 1.31. The molecular formula is C22H27Cl2N3O5S. The number of anilines is 1. The predicted molar refractivity (Wildman–Crippen MR) is 130 cm³/mol. The molecule has 1 N–H and O–H groups in total. The van der Waals surface area contributed by atoms with Crippen LogP contribution in [0.3, 0.4) is 0 Å². The third kappa shape index (κ3) is 6.99. The van der Waals surface area contributed by atoms with Gasteiger partial charge in [0, 0.05) is 18.6 Å². The molecule has 0 aliphatic heterocycles. The largest absolute Gasteiger partial charge is 0.497 e. The van der Waals surface area contributed by atoms with Crippen LogP contribution >= 0.6 is 23.2 Å². The zero-order valence-corrected chi connectivity index (χ0v) is 21.2. The van der Waals surface area contributed by atoms with Crippen molar-refractivity contribution in [2.75, 3.05) is 31.3 Å². The van der Waals surface area contributed by atoms with E-state index in [2.05, 4.69) is 5.32 Å². The van der Waals surface area contributed by atoms with Gasteiger partial charge in [-0.05, 0) is 42.3 Å². The summed E-state index contributed by atoms with van der Waals surface area (Å²) in [6, 6.07) is 10.6. The quantitative estimate of drug-likeness (QED) is 0.523. The van der Waals surface area contributed by atoms with Gasteiger partial charge in [0.25, 0.3) is 0 Å². The van der Waals surface area contributed by atoms with Crippen LogP contribution in [0.2, 0.25) is 10.0 Å². The second-order valence-corrected chi connectivity index (χ2v) is 10.0. The van der Waals surface area contributed by atoms with Crippen LogP contribution in [0, 0.1) is 0 Å². The number of likely N-dealkylation sites (N-methyl/N-ethyl adjacent to an activating group) is 1. The van der Waals surface area contributed by atoms with Crippen LogP contribution in [0.1, 0.15) is 18.9 Å². The minimum atomic E-state index is -3.89. The molecule has 2 aromatic carbocycles. The van der Waals surface area contributed by atoms with Crippen LogP contribution in [0.25, 0.3) is 0 Å². The van der Waals surface area contributed by atoms with Gasteiger partial charge < -0.3 is 15.0 Å². The fraction of sp³-hybridized carbons (Fsp3) is 0.364. The Balaban J connectivity index is 2.47. The molecule has 8 nitrogen and oxygen atoms in total. The Kier molecular flexibility index (Phi) is 9.39. The fourth-order valence-corrected chi connectivity index (χ4v) is 4.75. The molecule has 0 spiro atoms. The minimum Gasteiger partial charge on any atom is -0.497 e. The molecule has 0 bridgehead atoms. The Bertz CT molecular complexity index is 1110. The first kappa shape index (κ1) is 26.8. The van der Waals surface area contributed by atoms with E-state index in [1.54, 1.807) is 31.2 Å². The van der Waals surface area contributed by atoms with Gasteiger partial charge in [-0.3, -0.25) is 13.9 Å². The van der Waals surface area contributed by atoms with Crippen molar-refractivity contribution in [3.05, 3.63) is 58.1 Å². The lowest BCUT2D eigenvalue weighted by atomic mass is 10.1. The third-order valence-electron chi connectivity index (χ3n) is 4.98. The van der Waals surface area contributed by atoms with E-state index in [-0.39, 0.29) is 23.2 Å². The molecule has 11 heteroatoms. The first-order valence-corrected chi connectivity index (χ1v) is 12.7. The zero-order valence-electron chi connectivity index (χ0n) is 18.8. The predicted octanol–water partition coefficient (Wildman–Crippen LogP) is 3.32. The number of carbonyl (C=O) groups is 2. The number of rotatable bonds is 10. The summed E-state index contributed by atoms with van der Waals surface area (Å²) in [7, 11) is -0.875. The van der Waals surface area contributed by atoms with E-state index < -0.39 is 28.5 Å². The normalized spacial score (nSPS) is 12.1. The molecule has 2 rings (SSSR count). The number of amides is 2. The van der Waals surface area contributed by atoms with Gasteiger partial charge in [0.15, 0.2) is 0 Å². The summed E-state index contributed by atoms with van der Waals surface area (Å²) in [5.74, 6) is -0.326. The molecule has 0 heterocycles. The molecule has 180 valence electrons. The molecule has 1 atom stereocenters. The Labute approximate surface area is 204 Å². The lowest BCUT2D eigenvalue weighted by Gasteiger charge is -2.32. The lowest BCUT2D eigenvalue weighted by molar-refractivity contribution is -0.140. The smallest absolute Gasteiger partial charge is 0.244 e. The molecule has 0 aliphatic carbocycles. The number of methoxy groups -OCH3 is 1. The van der Waals surface area contributed by atoms with Crippen LogP contribution in [-0.2, 0) is 26.2 Å². The van der Waals surface area contributed by atoms with Crippen molar-refractivity contribution in [3.63, 3.8) is 0 Å². The summed E-state index contributed by atoms with van der Waals surface area (Å²) in [6.07, 6.45) is 1.31. The molecule has 0 aliphatic rings. The van der Waals surface area contributed by atoms with Gasteiger partial charge in [-0.25, -0.2) is 8.42 Å². The maximum atomic E-state index is 13.5. The van der Waals surface area contributed by atoms with Gasteiger partial charge in [-0.2, -0.15) is 0 Å². The highest BCUT2D eigenvalue weighted by Crippen LogP contribution is 2.30. The molecule has 0 radical (unpaired) electrons. The number of sulfonamides is 1. The summed E-state index contributed by atoms with van der Waals surface area (Å²) in [5, 5.41) is 2.97. The van der Waals surface area contributed by atoms with E-state index in [4.69, 9.17) is 27.9 Å². The van der Waals surface area contributed by atoms with Gasteiger partial charge in [0.2, 0.25) is 21.8 Å². The Morgan fingerprint density at radius 3 is 2.39 bits per heavy atom. The Hall–Kier alpha value is -2.49. The minimum absolute atomic E-state index is 0.0773. The number of benzene rings is 2. The van der Waals surface area contributed by atoms with Crippen molar-refractivity contribution >= 4 is 50.7 Å². The Morgan fingerprint density at radius 2 is 1.85 bits per heavy atom. The number of hydrogen-bond donors (Lipinski definition) is 1. The van der Waals surface area contributed by atoms with Crippen LogP contribution in [0.4, 0.5) is 5.69 Å². The van der Waals surface area contributed by atoms with E-state index in [1.807, 2.05) is 0 Å². The van der Waals surface area contributed by atoms with Gasteiger partial charge in [0.1, 0.15) is 18.3 Å². The third-order valence-corrected chi connectivity index (χ3v) is 6.64. The molecule has 0 saturated heterocycles. The number of nitrogens with one attached hydrogen (secondary N) is 1. The molecule has 0 saturated carbocycles. The average Bonchev–Trinajstić information content (AvgIpc) is 2.76. The SMILES string of the molecule is CC[C@@H](C(=O)NC)N(Cc1cccc(OC)c1)C(=O)CN(c1ccc(Cl)cc1Cl)S(C)(=O)=O. The molecular weight excluding hydrogens is 489 g/mol. The summed E-state index contributed by atoms with van der Waals surface area (Å²) >= 11 is 12.2. The van der Waals surface area contributed by atoms with Crippen molar-refractivity contribution in [2.45, 2.75) is 25.9 Å². The number of nitrogens with zero attached hydrogens (tertiary/aromatic N) is 2. The molecule has 0 aromatic heterocycles. The van der Waals surface area contributed by atoms with Crippen LogP contribution < -0.4 is 14.4 Å². The second kappa shape index (κ2) is 11.6. The van der Waals surface area contributed by atoms with E-state index in [1.165, 1.54) is 37.3 Å². The first-order valence-electron chi connectivity index (χ1n) is 10.1. The van der Waals surface area contributed by atoms with Crippen molar-refractivity contribution in [2.24, 2.45) is 0 Å². The summed E-state index contributed by atoms with van der Waals surface area (Å²) in [4.78, 5) is 27.4. The van der Waals surface area contributed by atoms with Crippen LogP contribution in [0.5, 0.6) is 5.75 Å². The number of halogens is 2. The van der Waals surface area contributed by atoms with Gasteiger partial charge in [0.05, 0.1) is 24.1 Å². The molecule has 33 heavy (non-hydrogen) atoms. The number of hydrogen-bond acceptors (Lipinski definition) is 5. The average molecular weight is 516 g/mol. The summed E-state index contributed by atoms with van der Waals surface area (Å²) < 4.78 is 31.3. The standard InChI is InChI=1S/C22H27Cl2N3O5S/c1-5-19(22(29)25-2)26(13-15-7-6-8-17(11-15)32-3)21(28)14-27(33(4,30)31)20-10-9-16(23)12-18(20)24/h6-12,19H,5,13-14H2,1-4H3,(H,25,29)/t19-/m0/s1. The molecule has 0 unspecified atom stereocenters. The Morgan fingerprint density at radius 1 is 1.15 bits per heavy atom. The van der Waals surface area contributed by atoms with Crippen molar-refractivity contribution in [1.29, 1.82) is 0 Å². The number of carbonyl (C=O) groups excluding carboxylic acids is 2. The molecule has 2 aromatic rings. The number of ether oxygens (including phenoxy) is 1. The van der Waals surface area contributed by atoms with Gasteiger partial charge >= 0.3 is 0 Å². The fourth-order valence-electron chi connectivity index (χ4n) is 3.33. The van der Waals surface area contributed by atoms with Crippen molar-refractivity contribution in [1.82, 2.24) is 10.2 Å². The zero-order chi connectivity index (χ0) is 24.8. The summed E-state index contributed by atoms with van der Waals surface area (Å²) in [5.41, 5.74) is 0.840. The van der Waals surface area contributed by atoms with Crippen LogP contribution in [-0.4, -0.2) is 58.1 Å². The lowest BCUT2D eigenvalue weighted by Crippen LogP contribution is -2.51. The van der Waals surface area contributed by atoms with Crippen molar-refractivity contribution < 1.29 is 22.7 Å². The maximum Gasteiger partial charge on any atom is 0.244 e. The van der Waals surface area contributed by atoms with E-state index in [9.17, 15) is 18.0 Å². The maximum absolute atomic E-state index is 13.5. The molecule has 2 amide bonds. The van der Waals surface area contributed by atoms with Crippen molar-refractivity contribution in [3.8, 4) is 5.75 Å². The highest BCUT2D eigenvalue weighted by Gasteiger charge is 2.32. The highest BCUT2D eigenvalue weighted by atomic mass is 35.5. The van der Waals surface area contributed by atoms with E-state index in [0.29, 0.717) is 17.2 Å². The highest BCUT2D eigenvalue weighted by molar-refractivity contribution is 7.92. The topological polar surface area (TPSA) is 96.0 Å². The van der Waals surface area contributed by atoms with E-state index >= 15 is 0 Å². The first-order chi connectivity index (χ1) is 15.5.